The van der Waals surface area contributed by atoms with Gasteiger partial charge in [-0.3, -0.25) is 0 Å². The Morgan fingerprint density at radius 1 is 0.872 bits per heavy atom. The van der Waals surface area contributed by atoms with Gasteiger partial charge in [0, 0.05) is 17.7 Å². The Bertz CT molecular complexity index is 1760. The number of benzene rings is 4. The highest BCUT2D eigenvalue weighted by molar-refractivity contribution is 7.90. The molecule has 1 heterocycles. The van der Waals surface area contributed by atoms with Crippen LogP contribution in [0.1, 0.15) is 22.5 Å². The van der Waals surface area contributed by atoms with Crippen molar-refractivity contribution in [2.24, 2.45) is 0 Å². The fraction of sp³-hybridized carbons (Fsp3) is 0.161. The zero-order valence-corrected chi connectivity index (χ0v) is 22.8. The van der Waals surface area contributed by atoms with Crippen molar-refractivity contribution in [2.75, 3.05) is 6.61 Å². The Morgan fingerprint density at radius 3 is 2.28 bits per heavy atom. The van der Waals surface area contributed by atoms with Crippen LogP contribution in [-0.2, 0) is 21.2 Å². The maximum Gasteiger partial charge on any atom is 0.421 e. The van der Waals surface area contributed by atoms with Gasteiger partial charge in [-0.1, -0.05) is 66.2 Å². The van der Waals surface area contributed by atoms with Gasteiger partial charge in [-0.25, -0.2) is 22.6 Å². The number of sulfonamides is 1. The van der Waals surface area contributed by atoms with Crippen LogP contribution in [0.25, 0.3) is 27.6 Å². The predicted octanol–water partition coefficient (Wildman–Crippen LogP) is 6.28. The van der Waals surface area contributed by atoms with E-state index in [0.717, 1.165) is 39.3 Å². The van der Waals surface area contributed by atoms with E-state index in [0.29, 0.717) is 6.42 Å². The largest absolute Gasteiger partial charge is 0.448 e. The lowest BCUT2D eigenvalue weighted by atomic mass is 10.00. The number of amides is 1. The van der Waals surface area contributed by atoms with E-state index in [2.05, 4.69) is 37.3 Å². The van der Waals surface area contributed by atoms with Gasteiger partial charge in [0.05, 0.1) is 22.9 Å². The molecule has 39 heavy (non-hydrogen) atoms. The number of fused-ring (bicyclic) bond motifs is 1. The lowest BCUT2D eigenvalue weighted by Crippen LogP contribution is -2.31. The number of aryl methyl sites for hydroxylation is 2. The van der Waals surface area contributed by atoms with Crippen LogP contribution in [-0.4, -0.2) is 30.9 Å². The number of nitrogens with one attached hydrogen (secondary N) is 1. The lowest BCUT2D eigenvalue weighted by Gasteiger charge is -2.09. The van der Waals surface area contributed by atoms with Crippen LogP contribution in [0.4, 0.5) is 4.79 Å². The summed E-state index contributed by atoms with van der Waals surface area (Å²) in [5.74, 6) is 0. The second-order valence-corrected chi connectivity index (χ2v) is 11.2. The summed E-state index contributed by atoms with van der Waals surface area (Å²) in [6.45, 7) is 5.98. The van der Waals surface area contributed by atoms with Gasteiger partial charge in [-0.2, -0.15) is 5.10 Å². The van der Waals surface area contributed by atoms with Crippen molar-refractivity contribution in [3.63, 3.8) is 0 Å². The molecule has 5 aromatic rings. The number of aromatic nitrogens is 2. The van der Waals surface area contributed by atoms with Crippen LogP contribution < -0.4 is 4.72 Å². The van der Waals surface area contributed by atoms with Crippen LogP contribution in [0, 0.1) is 20.8 Å². The molecule has 0 radical (unpaired) electrons. The average molecular weight is 540 g/mol. The smallest absolute Gasteiger partial charge is 0.421 e. The van der Waals surface area contributed by atoms with Crippen molar-refractivity contribution in [1.82, 2.24) is 14.5 Å². The van der Waals surface area contributed by atoms with Gasteiger partial charge in [-0.15, -0.1) is 0 Å². The van der Waals surface area contributed by atoms with E-state index >= 15 is 0 Å². The molecular weight excluding hydrogens is 510 g/mol. The SMILES string of the molecule is Cc1ccc(S(=O)(=O)NC(=O)OCCc2ccc(-n3nc(C)c(-c4ccc5ccccc5c4)c3C)cc2)cc1. The van der Waals surface area contributed by atoms with Gasteiger partial charge in [0.1, 0.15) is 0 Å². The maximum atomic E-state index is 12.3. The zero-order valence-electron chi connectivity index (χ0n) is 22.0. The number of hydrogen-bond donors (Lipinski definition) is 1. The van der Waals surface area contributed by atoms with Crippen molar-refractivity contribution in [2.45, 2.75) is 32.1 Å². The Balaban J connectivity index is 1.23. The molecule has 0 saturated heterocycles. The van der Waals surface area contributed by atoms with Gasteiger partial charge >= 0.3 is 6.09 Å². The van der Waals surface area contributed by atoms with Crippen LogP contribution in [0.15, 0.2) is 95.9 Å². The Labute approximate surface area is 228 Å². The van der Waals surface area contributed by atoms with Gasteiger partial charge in [0.2, 0.25) is 0 Å². The number of hydrogen-bond acceptors (Lipinski definition) is 5. The highest BCUT2D eigenvalue weighted by atomic mass is 32.2. The zero-order chi connectivity index (χ0) is 27.6. The molecule has 5 rings (SSSR count). The second-order valence-electron chi connectivity index (χ2n) is 9.49. The van der Waals surface area contributed by atoms with Crippen molar-refractivity contribution in [3.8, 4) is 16.8 Å². The lowest BCUT2D eigenvalue weighted by molar-refractivity contribution is 0.154. The summed E-state index contributed by atoms with van der Waals surface area (Å²) in [5.41, 5.74) is 7.04. The van der Waals surface area contributed by atoms with Crippen molar-refractivity contribution in [3.05, 3.63) is 114 Å². The monoisotopic (exact) mass is 539 g/mol. The van der Waals surface area contributed by atoms with E-state index in [1.54, 1.807) is 12.1 Å². The number of carbonyl (C=O) groups is 1. The van der Waals surface area contributed by atoms with E-state index in [9.17, 15) is 13.2 Å². The van der Waals surface area contributed by atoms with Gasteiger partial charge in [0.15, 0.2) is 0 Å². The van der Waals surface area contributed by atoms with Gasteiger partial charge in [0.25, 0.3) is 10.0 Å². The number of carbonyl (C=O) groups excluding carboxylic acids is 1. The minimum atomic E-state index is -3.98. The molecule has 0 aliphatic heterocycles. The molecule has 0 atom stereocenters. The summed E-state index contributed by atoms with van der Waals surface area (Å²) < 4.78 is 33.7. The van der Waals surface area contributed by atoms with Crippen molar-refractivity contribution < 1.29 is 17.9 Å². The van der Waals surface area contributed by atoms with Gasteiger partial charge < -0.3 is 4.74 Å². The first-order valence-electron chi connectivity index (χ1n) is 12.6. The normalized spacial score (nSPS) is 11.5. The summed E-state index contributed by atoms with van der Waals surface area (Å²) in [6, 6.07) is 28.8. The first-order chi connectivity index (χ1) is 18.7. The number of rotatable bonds is 7. The highest BCUT2D eigenvalue weighted by Gasteiger charge is 2.18. The molecule has 0 unspecified atom stereocenters. The number of nitrogens with zero attached hydrogens (tertiary/aromatic N) is 2. The van der Waals surface area contributed by atoms with E-state index in [4.69, 9.17) is 9.84 Å². The fourth-order valence-electron chi connectivity index (χ4n) is 4.64. The molecule has 1 aromatic heterocycles. The molecule has 1 N–H and O–H groups in total. The predicted molar refractivity (Wildman–Crippen MR) is 153 cm³/mol. The first-order valence-corrected chi connectivity index (χ1v) is 14.1. The molecule has 0 aliphatic rings. The van der Waals surface area contributed by atoms with Crippen molar-refractivity contribution >= 4 is 26.9 Å². The van der Waals surface area contributed by atoms with Crippen LogP contribution >= 0.6 is 0 Å². The molecule has 0 aliphatic carbocycles. The highest BCUT2D eigenvalue weighted by Crippen LogP contribution is 2.31. The van der Waals surface area contributed by atoms with Crippen LogP contribution in [0.2, 0.25) is 0 Å². The quantitative estimate of drug-likeness (QED) is 0.263. The molecule has 7 nitrogen and oxygen atoms in total. The summed E-state index contributed by atoms with van der Waals surface area (Å²) in [7, 11) is -3.98. The molecule has 0 fully saturated rings. The van der Waals surface area contributed by atoms with E-state index in [1.807, 2.05) is 59.6 Å². The van der Waals surface area contributed by atoms with Crippen molar-refractivity contribution in [1.29, 1.82) is 0 Å². The molecule has 1 amide bonds. The first kappa shape index (κ1) is 26.2. The molecule has 198 valence electrons. The number of ether oxygens (including phenoxy) is 1. The molecule has 0 bridgehead atoms. The minimum absolute atomic E-state index is 0.00793. The van der Waals surface area contributed by atoms with Gasteiger partial charge in [-0.05, 0) is 73.0 Å². The summed E-state index contributed by atoms with van der Waals surface area (Å²) in [5, 5.41) is 7.19. The third-order valence-corrected chi connectivity index (χ3v) is 8.01. The second kappa shape index (κ2) is 10.7. The average Bonchev–Trinajstić information content (AvgIpc) is 3.22. The van der Waals surface area contributed by atoms with E-state index in [-0.39, 0.29) is 11.5 Å². The van der Waals surface area contributed by atoms with E-state index in [1.165, 1.54) is 22.9 Å². The molecule has 4 aromatic carbocycles. The Kier molecular flexibility index (Phi) is 7.21. The topological polar surface area (TPSA) is 90.3 Å². The minimum Gasteiger partial charge on any atom is -0.448 e. The Morgan fingerprint density at radius 2 is 1.56 bits per heavy atom. The molecule has 0 saturated carbocycles. The summed E-state index contributed by atoms with van der Waals surface area (Å²) in [4.78, 5) is 12.1. The molecule has 8 heteroatoms. The molecular formula is C31H29N3O4S. The molecule has 0 spiro atoms. The maximum absolute atomic E-state index is 12.3. The summed E-state index contributed by atoms with van der Waals surface area (Å²) >= 11 is 0. The summed E-state index contributed by atoms with van der Waals surface area (Å²) in [6.07, 6.45) is -0.561. The van der Waals surface area contributed by atoms with Crippen LogP contribution in [0.3, 0.4) is 0 Å². The standard InChI is InChI=1S/C31H29N3O4S/c1-21-8-16-29(17-9-21)39(36,37)33-31(35)38-19-18-24-10-14-28(15-11-24)34-23(3)30(22(2)32-34)27-13-12-25-6-4-5-7-26(25)20-27/h4-17,20H,18-19H2,1-3H3,(H,33,35). The van der Waals surface area contributed by atoms with E-state index < -0.39 is 16.1 Å². The third-order valence-electron chi connectivity index (χ3n) is 6.68. The fourth-order valence-corrected chi connectivity index (χ4v) is 5.53. The van der Waals surface area contributed by atoms with Crippen LogP contribution in [0.5, 0.6) is 0 Å². The Hall–Kier alpha value is -4.43. The third kappa shape index (κ3) is 5.71.